The third-order valence-electron chi connectivity index (χ3n) is 3.15. The van der Waals surface area contributed by atoms with Crippen LogP contribution in [0.3, 0.4) is 0 Å². The smallest absolute Gasteiger partial charge is 0.196 e. The van der Waals surface area contributed by atoms with Gasteiger partial charge in [-0.15, -0.1) is 11.3 Å². The number of nitrogens with zero attached hydrogens (tertiary/aromatic N) is 1. The first-order valence-electron chi connectivity index (χ1n) is 6.13. The average molecular weight is 248 g/mol. The monoisotopic (exact) mass is 248 g/mol. The predicted molar refractivity (Wildman–Crippen MR) is 69.2 cm³/mol. The lowest BCUT2D eigenvalue weighted by atomic mass is 9.99. The van der Waals surface area contributed by atoms with Crippen molar-refractivity contribution >= 4 is 11.3 Å². The van der Waals surface area contributed by atoms with Crippen molar-refractivity contribution in [3.63, 3.8) is 0 Å². The Bertz CT molecular complexity index is 492. The second kappa shape index (κ2) is 4.63. The molecule has 1 aliphatic carbocycles. The molecule has 3 nitrogen and oxygen atoms in total. The molecule has 0 amide bonds. The van der Waals surface area contributed by atoms with Gasteiger partial charge in [0.05, 0.1) is 11.1 Å². The zero-order chi connectivity index (χ0) is 11.7. The fraction of sp³-hybridized carbons (Fsp3) is 0.462. The number of rotatable bonds is 3. The van der Waals surface area contributed by atoms with Crippen molar-refractivity contribution in [1.82, 2.24) is 4.98 Å². The molecule has 0 unspecified atom stereocenters. The van der Waals surface area contributed by atoms with Crippen LogP contribution in [0.2, 0.25) is 0 Å². The number of nitrogens with two attached hydrogens (primary N) is 1. The molecule has 0 fully saturated rings. The highest BCUT2D eigenvalue weighted by Crippen LogP contribution is 2.35. The third-order valence-corrected chi connectivity index (χ3v) is 4.40. The number of thiophene rings is 1. The molecule has 0 spiro atoms. The summed E-state index contributed by atoms with van der Waals surface area (Å²) in [6, 6.07) is 2.27. The SMILES string of the molecule is NCCc1ncc(-c2cc3c(s2)CCCC3)o1. The maximum atomic E-state index is 5.71. The van der Waals surface area contributed by atoms with Gasteiger partial charge >= 0.3 is 0 Å². The summed E-state index contributed by atoms with van der Waals surface area (Å²) in [5.41, 5.74) is 7.00. The Labute approximate surface area is 105 Å². The summed E-state index contributed by atoms with van der Waals surface area (Å²) >= 11 is 1.85. The van der Waals surface area contributed by atoms with Crippen LogP contribution in [0.15, 0.2) is 16.7 Å². The highest BCUT2D eigenvalue weighted by molar-refractivity contribution is 7.15. The Morgan fingerprint density at radius 1 is 1.35 bits per heavy atom. The van der Waals surface area contributed by atoms with Crippen LogP contribution in [0.5, 0.6) is 0 Å². The summed E-state index contributed by atoms with van der Waals surface area (Å²) in [6.07, 6.45) is 7.62. The number of fused-ring (bicyclic) bond motifs is 1. The number of aromatic nitrogens is 1. The fourth-order valence-corrected chi connectivity index (χ4v) is 3.48. The molecule has 0 saturated heterocycles. The van der Waals surface area contributed by atoms with E-state index in [1.54, 1.807) is 0 Å². The van der Waals surface area contributed by atoms with Gasteiger partial charge in [0.15, 0.2) is 11.7 Å². The van der Waals surface area contributed by atoms with Gasteiger partial charge in [-0.3, -0.25) is 0 Å². The van der Waals surface area contributed by atoms with E-state index in [0.717, 1.165) is 11.7 Å². The molecule has 0 saturated carbocycles. The average Bonchev–Trinajstić information content (AvgIpc) is 2.94. The lowest BCUT2D eigenvalue weighted by Crippen LogP contribution is -2.02. The van der Waals surface area contributed by atoms with Crippen LogP contribution >= 0.6 is 11.3 Å². The molecule has 0 radical (unpaired) electrons. The molecule has 2 N–H and O–H groups in total. The molecule has 4 heteroatoms. The van der Waals surface area contributed by atoms with E-state index < -0.39 is 0 Å². The molecule has 0 aromatic carbocycles. The number of aryl methyl sites for hydroxylation is 2. The van der Waals surface area contributed by atoms with Crippen LogP contribution in [-0.2, 0) is 19.3 Å². The summed E-state index contributed by atoms with van der Waals surface area (Å²) in [5, 5.41) is 0. The zero-order valence-corrected chi connectivity index (χ0v) is 10.6. The van der Waals surface area contributed by atoms with E-state index in [2.05, 4.69) is 11.1 Å². The number of hydrogen-bond acceptors (Lipinski definition) is 4. The zero-order valence-electron chi connectivity index (χ0n) is 9.74. The Morgan fingerprint density at radius 3 is 3.06 bits per heavy atom. The lowest BCUT2D eigenvalue weighted by molar-refractivity contribution is 0.509. The molecule has 90 valence electrons. The quantitative estimate of drug-likeness (QED) is 0.908. The molecular weight excluding hydrogens is 232 g/mol. The van der Waals surface area contributed by atoms with Crippen molar-refractivity contribution in [3.05, 3.63) is 28.6 Å². The largest absolute Gasteiger partial charge is 0.440 e. The normalized spacial score (nSPS) is 14.9. The standard InChI is InChI=1S/C13H16N2OS/c14-6-5-13-15-8-10(16-13)12-7-9-3-1-2-4-11(9)17-12/h7-8H,1-6,14H2. The Kier molecular flexibility index (Phi) is 2.99. The first kappa shape index (κ1) is 11.0. The summed E-state index contributed by atoms with van der Waals surface area (Å²) in [7, 11) is 0. The molecule has 2 aromatic heterocycles. The van der Waals surface area contributed by atoms with Gasteiger partial charge in [0.25, 0.3) is 0 Å². The van der Waals surface area contributed by atoms with Gasteiger partial charge in [-0.05, 0) is 37.3 Å². The highest BCUT2D eigenvalue weighted by Gasteiger charge is 2.16. The van der Waals surface area contributed by atoms with Crippen LogP contribution in [0.1, 0.15) is 29.2 Å². The van der Waals surface area contributed by atoms with E-state index >= 15 is 0 Å². The van der Waals surface area contributed by atoms with Crippen molar-refractivity contribution in [2.24, 2.45) is 5.73 Å². The van der Waals surface area contributed by atoms with E-state index in [0.29, 0.717) is 13.0 Å². The number of oxazole rings is 1. The van der Waals surface area contributed by atoms with Gasteiger partial charge in [-0.25, -0.2) is 4.98 Å². The molecule has 2 aromatic rings. The van der Waals surface area contributed by atoms with E-state index in [9.17, 15) is 0 Å². The summed E-state index contributed by atoms with van der Waals surface area (Å²) in [4.78, 5) is 6.99. The fourth-order valence-electron chi connectivity index (χ4n) is 2.28. The van der Waals surface area contributed by atoms with Crippen molar-refractivity contribution in [2.75, 3.05) is 6.54 Å². The third kappa shape index (κ3) is 2.15. The van der Waals surface area contributed by atoms with E-state index in [1.165, 1.54) is 41.0 Å². The molecular formula is C13H16N2OS. The lowest BCUT2D eigenvalue weighted by Gasteiger charge is -2.08. The second-order valence-electron chi connectivity index (χ2n) is 4.42. The van der Waals surface area contributed by atoms with Gasteiger partial charge in [0, 0.05) is 17.8 Å². The summed E-state index contributed by atoms with van der Waals surface area (Å²) < 4.78 is 5.71. The van der Waals surface area contributed by atoms with Crippen molar-refractivity contribution in [1.29, 1.82) is 0 Å². The minimum Gasteiger partial charge on any atom is -0.440 e. The van der Waals surface area contributed by atoms with Crippen molar-refractivity contribution in [2.45, 2.75) is 32.1 Å². The molecule has 17 heavy (non-hydrogen) atoms. The summed E-state index contributed by atoms with van der Waals surface area (Å²) in [5.74, 6) is 1.64. The minimum absolute atomic E-state index is 0.584. The van der Waals surface area contributed by atoms with E-state index in [4.69, 9.17) is 10.2 Å². The molecule has 1 aliphatic rings. The van der Waals surface area contributed by atoms with Crippen LogP contribution in [0, 0.1) is 0 Å². The molecule has 0 atom stereocenters. The minimum atomic E-state index is 0.584. The van der Waals surface area contributed by atoms with Gasteiger partial charge in [0.2, 0.25) is 0 Å². The first-order valence-corrected chi connectivity index (χ1v) is 6.95. The number of hydrogen-bond donors (Lipinski definition) is 1. The summed E-state index contributed by atoms with van der Waals surface area (Å²) in [6.45, 7) is 0.584. The van der Waals surface area contributed by atoms with E-state index in [-0.39, 0.29) is 0 Å². The van der Waals surface area contributed by atoms with Crippen molar-refractivity contribution < 1.29 is 4.42 Å². The Hall–Kier alpha value is -1.13. The molecule has 2 heterocycles. The maximum absolute atomic E-state index is 5.71. The molecule has 3 rings (SSSR count). The van der Waals surface area contributed by atoms with Crippen LogP contribution in [-0.4, -0.2) is 11.5 Å². The van der Waals surface area contributed by atoms with Crippen LogP contribution < -0.4 is 5.73 Å². The topological polar surface area (TPSA) is 52.0 Å². The van der Waals surface area contributed by atoms with E-state index in [1.807, 2.05) is 17.5 Å². The Morgan fingerprint density at radius 2 is 2.24 bits per heavy atom. The molecule has 0 bridgehead atoms. The van der Waals surface area contributed by atoms with Crippen LogP contribution in [0.25, 0.3) is 10.6 Å². The van der Waals surface area contributed by atoms with Gasteiger partial charge < -0.3 is 10.2 Å². The molecule has 0 aliphatic heterocycles. The Balaban J connectivity index is 1.89. The predicted octanol–water partition coefficient (Wildman–Crippen LogP) is 2.78. The van der Waals surface area contributed by atoms with Crippen LogP contribution in [0.4, 0.5) is 0 Å². The second-order valence-corrected chi connectivity index (χ2v) is 5.56. The van der Waals surface area contributed by atoms with Gasteiger partial charge in [-0.1, -0.05) is 0 Å². The maximum Gasteiger partial charge on any atom is 0.196 e. The van der Waals surface area contributed by atoms with Gasteiger partial charge in [-0.2, -0.15) is 0 Å². The first-order chi connectivity index (χ1) is 8.36. The van der Waals surface area contributed by atoms with Gasteiger partial charge in [0.1, 0.15) is 0 Å². The van der Waals surface area contributed by atoms with Crippen molar-refractivity contribution in [3.8, 4) is 10.6 Å². The highest BCUT2D eigenvalue weighted by atomic mass is 32.1.